The Kier molecular flexibility index (Phi) is 5.96. The lowest BCUT2D eigenvalue weighted by atomic mass is 10.1. The first-order chi connectivity index (χ1) is 13.5. The molecule has 0 spiro atoms. The van der Waals surface area contributed by atoms with Gasteiger partial charge >= 0.3 is 0 Å². The molecule has 1 heterocycles. The third kappa shape index (κ3) is 4.50. The number of benzene rings is 2. The van der Waals surface area contributed by atoms with E-state index in [-0.39, 0.29) is 11.7 Å². The molecular formula is C21H21FN4O2. The van der Waals surface area contributed by atoms with Crippen molar-refractivity contribution >= 4 is 5.91 Å². The zero-order chi connectivity index (χ0) is 20.1. The van der Waals surface area contributed by atoms with Gasteiger partial charge in [0.2, 0.25) is 0 Å². The topological polar surface area (TPSA) is 67.2 Å². The molecule has 144 valence electrons. The van der Waals surface area contributed by atoms with Gasteiger partial charge in [0.15, 0.2) is 0 Å². The molecule has 1 amide bonds. The van der Waals surface area contributed by atoms with Gasteiger partial charge in [-0.3, -0.25) is 9.59 Å². The Hall–Kier alpha value is -3.32. The Morgan fingerprint density at radius 1 is 1.07 bits per heavy atom. The molecule has 6 nitrogen and oxygen atoms in total. The number of nitrogens with one attached hydrogen (secondary N) is 1. The van der Waals surface area contributed by atoms with Crippen LogP contribution in [0.1, 0.15) is 22.1 Å². The van der Waals surface area contributed by atoms with Gasteiger partial charge in [0.25, 0.3) is 11.5 Å². The van der Waals surface area contributed by atoms with Gasteiger partial charge in [-0.2, -0.15) is 9.78 Å². The molecule has 1 unspecified atom stereocenters. The van der Waals surface area contributed by atoms with Gasteiger partial charge in [0, 0.05) is 12.6 Å². The van der Waals surface area contributed by atoms with E-state index >= 15 is 0 Å². The molecule has 1 N–H and O–H groups in total. The Bertz CT molecular complexity index is 1000. The normalized spacial score (nSPS) is 12.0. The van der Waals surface area contributed by atoms with Crippen LogP contribution < -0.4 is 10.9 Å². The number of halogens is 1. The van der Waals surface area contributed by atoms with Crippen LogP contribution in [-0.4, -0.2) is 41.2 Å². The minimum atomic E-state index is -0.415. The van der Waals surface area contributed by atoms with Gasteiger partial charge in [-0.25, -0.2) is 4.39 Å². The molecule has 1 atom stereocenters. The molecule has 0 aliphatic carbocycles. The van der Waals surface area contributed by atoms with Gasteiger partial charge in [0.1, 0.15) is 11.5 Å². The molecule has 3 rings (SSSR count). The maximum atomic E-state index is 13.1. The number of nitrogens with zero attached hydrogens (tertiary/aromatic N) is 3. The average molecular weight is 380 g/mol. The van der Waals surface area contributed by atoms with Crippen LogP contribution in [0.5, 0.6) is 0 Å². The summed E-state index contributed by atoms with van der Waals surface area (Å²) < 4.78 is 14.2. The zero-order valence-electron chi connectivity index (χ0n) is 15.7. The fraction of sp³-hybridized carbons (Fsp3) is 0.190. The molecule has 0 saturated heterocycles. The minimum absolute atomic E-state index is 0.00634. The summed E-state index contributed by atoms with van der Waals surface area (Å²) in [6.45, 7) is 0.382. The van der Waals surface area contributed by atoms with Crippen molar-refractivity contribution in [3.63, 3.8) is 0 Å². The van der Waals surface area contributed by atoms with Crippen molar-refractivity contribution in [2.45, 2.75) is 6.04 Å². The van der Waals surface area contributed by atoms with Crippen LogP contribution in [0, 0.1) is 5.82 Å². The lowest BCUT2D eigenvalue weighted by Gasteiger charge is -2.25. The third-order valence-corrected chi connectivity index (χ3v) is 4.37. The fourth-order valence-electron chi connectivity index (χ4n) is 2.85. The van der Waals surface area contributed by atoms with E-state index in [4.69, 9.17) is 0 Å². The SMILES string of the molecule is CN(C)C(CNC(=O)c1ccc(=O)n(-c2ccc(F)cc2)n1)c1ccccc1. The molecule has 0 aliphatic rings. The monoisotopic (exact) mass is 380 g/mol. The van der Waals surface area contributed by atoms with Crippen molar-refractivity contribution in [2.24, 2.45) is 0 Å². The predicted molar refractivity (Wildman–Crippen MR) is 105 cm³/mol. The summed E-state index contributed by atoms with van der Waals surface area (Å²) in [6.07, 6.45) is 0. The second-order valence-electron chi connectivity index (χ2n) is 6.55. The third-order valence-electron chi connectivity index (χ3n) is 4.37. The highest BCUT2D eigenvalue weighted by atomic mass is 19.1. The maximum absolute atomic E-state index is 13.1. The zero-order valence-corrected chi connectivity index (χ0v) is 15.7. The van der Waals surface area contributed by atoms with Crippen LogP contribution in [0.4, 0.5) is 4.39 Å². The molecule has 0 radical (unpaired) electrons. The summed E-state index contributed by atoms with van der Waals surface area (Å²) in [6, 6.07) is 17.8. The smallest absolute Gasteiger partial charge is 0.271 e. The predicted octanol–water partition coefficient (Wildman–Crippen LogP) is 2.40. The highest BCUT2D eigenvalue weighted by molar-refractivity contribution is 5.92. The molecule has 1 aromatic heterocycles. The second-order valence-corrected chi connectivity index (χ2v) is 6.55. The number of rotatable bonds is 6. The number of hydrogen-bond acceptors (Lipinski definition) is 4. The van der Waals surface area contributed by atoms with Gasteiger partial charge in [-0.05, 0) is 50.0 Å². The van der Waals surface area contributed by atoms with E-state index in [1.165, 1.54) is 36.4 Å². The first kappa shape index (κ1) is 19.4. The number of hydrogen-bond donors (Lipinski definition) is 1. The van der Waals surface area contributed by atoms with E-state index in [0.29, 0.717) is 12.2 Å². The van der Waals surface area contributed by atoms with E-state index < -0.39 is 17.3 Å². The van der Waals surface area contributed by atoms with Gasteiger partial charge in [-0.15, -0.1) is 0 Å². The first-order valence-electron chi connectivity index (χ1n) is 8.81. The maximum Gasteiger partial charge on any atom is 0.271 e. The summed E-state index contributed by atoms with van der Waals surface area (Å²) in [4.78, 5) is 26.7. The highest BCUT2D eigenvalue weighted by Crippen LogP contribution is 2.16. The van der Waals surface area contributed by atoms with E-state index in [1.54, 1.807) is 0 Å². The van der Waals surface area contributed by atoms with E-state index in [0.717, 1.165) is 10.2 Å². The van der Waals surface area contributed by atoms with Crippen molar-refractivity contribution in [1.29, 1.82) is 0 Å². The number of carbonyl (C=O) groups is 1. The van der Waals surface area contributed by atoms with E-state index in [2.05, 4.69) is 10.4 Å². The number of likely N-dealkylation sites (N-methyl/N-ethyl adjacent to an activating group) is 1. The summed E-state index contributed by atoms with van der Waals surface area (Å²) in [5.41, 5.74) is 1.17. The van der Waals surface area contributed by atoms with E-state index in [1.807, 2.05) is 49.3 Å². The fourth-order valence-corrected chi connectivity index (χ4v) is 2.85. The first-order valence-corrected chi connectivity index (χ1v) is 8.81. The minimum Gasteiger partial charge on any atom is -0.349 e. The van der Waals surface area contributed by atoms with Gasteiger partial charge < -0.3 is 10.2 Å². The largest absolute Gasteiger partial charge is 0.349 e. The Morgan fingerprint density at radius 2 is 1.75 bits per heavy atom. The lowest BCUT2D eigenvalue weighted by molar-refractivity contribution is 0.0935. The summed E-state index contributed by atoms with van der Waals surface area (Å²) in [7, 11) is 3.88. The van der Waals surface area contributed by atoms with Crippen LogP contribution >= 0.6 is 0 Å². The Labute approximate surface area is 162 Å². The highest BCUT2D eigenvalue weighted by Gasteiger charge is 2.17. The molecular weight excluding hydrogens is 359 g/mol. The van der Waals surface area contributed by atoms with Crippen molar-refractivity contribution in [2.75, 3.05) is 20.6 Å². The van der Waals surface area contributed by atoms with Crippen LogP contribution in [0.25, 0.3) is 5.69 Å². The average Bonchev–Trinajstić information content (AvgIpc) is 2.69. The number of aromatic nitrogens is 2. The Balaban J connectivity index is 1.78. The van der Waals surface area contributed by atoms with Crippen LogP contribution in [0.15, 0.2) is 71.5 Å². The van der Waals surface area contributed by atoms with Crippen molar-refractivity contribution in [1.82, 2.24) is 20.0 Å². The van der Waals surface area contributed by atoms with Crippen LogP contribution in [0.2, 0.25) is 0 Å². The summed E-state index contributed by atoms with van der Waals surface area (Å²) in [5.74, 6) is -0.806. The summed E-state index contributed by atoms with van der Waals surface area (Å²) in [5, 5.41) is 6.99. The van der Waals surface area contributed by atoms with Crippen LogP contribution in [0.3, 0.4) is 0 Å². The molecule has 0 aliphatic heterocycles. The molecule has 0 fully saturated rings. The van der Waals surface area contributed by atoms with Crippen molar-refractivity contribution in [3.8, 4) is 5.69 Å². The van der Waals surface area contributed by atoms with Crippen molar-refractivity contribution in [3.05, 3.63) is 94.2 Å². The van der Waals surface area contributed by atoms with Crippen molar-refractivity contribution < 1.29 is 9.18 Å². The molecule has 0 bridgehead atoms. The molecule has 3 aromatic rings. The Morgan fingerprint density at radius 3 is 2.39 bits per heavy atom. The second kappa shape index (κ2) is 8.58. The number of amides is 1. The van der Waals surface area contributed by atoms with Gasteiger partial charge in [-0.1, -0.05) is 30.3 Å². The van der Waals surface area contributed by atoms with Gasteiger partial charge in [0.05, 0.1) is 11.7 Å². The lowest BCUT2D eigenvalue weighted by Crippen LogP contribution is -2.35. The number of carbonyl (C=O) groups excluding carboxylic acids is 1. The van der Waals surface area contributed by atoms with E-state index in [9.17, 15) is 14.0 Å². The standard InChI is InChI=1S/C21H21FN4O2/c1-25(2)19(15-6-4-3-5-7-15)14-23-21(28)18-12-13-20(27)26(24-18)17-10-8-16(22)9-11-17/h3-13,19H,14H2,1-2H3,(H,23,28). The molecule has 28 heavy (non-hydrogen) atoms. The quantitative estimate of drug-likeness (QED) is 0.713. The summed E-state index contributed by atoms with van der Waals surface area (Å²) >= 11 is 0. The van der Waals surface area contributed by atoms with Crippen LogP contribution in [-0.2, 0) is 0 Å². The molecule has 2 aromatic carbocycles. The molecule has 0 saturated carbocycles. The molecule has 7 heteroatoms.